The molecular formula is C19H22F3NO7. The number of benzene rings is 1. The smallest absolute Gasteiger partial charge is 0.419 e. The fourth-order valence-electron chi connectivity index (χ4n) is 2.88. The Hall–Kier alpha value is -3.11. The van der Waals surface area contributed by atoms with E-state index in [0.717, 1.165) is 19.2 Å². The number of carboxylic acid groups (broad SMARTS) is 2. The number of amides is 1. The molecule has 0 atom stereocenters. The van der Waals surface area contributed by atoms with Crippen LogP contribution < -0.4 is 4.74 Å². The monoisotopic (exact) mass is 433 g/mol. The van der Waals surface area contributed by atoms with Crippen LogP contribution in [0.1, 0.15) is 42.6 Å². The van der Waals surface area contributed by atoms with E-state index in [4.69, 9.17) is 0 Å². The van der Waals surface area contributed by atoms with Crippen LogP contribution in [-0.4, -0.2) is 58.9 Å². The first-order valence-corrected chi connectivity index (χ1v) is 8.87. The highest BCUT2D eigenvalue weighted by molar-refractivity contribution is 6.08. The summed E-state index contributed by atoms with van der Waals surface area (Å²) in [6.07, 6.45) is -7.08. The molecule has 0 aliphatic heterocycles. The maximum Gasteiger partial charge on any atom is 0.419 e. The Morgan fingerprint density at radius 1 is 1.00 bits per heavy atom. The van der Waals surface area contributed by atoms with E-state index in [-0.39, 0.29) is 13.1 Å². The second kappa shape index (κ2) is 9.59. The number of alkyl halides is 3. The van der Waals surface area contributed by atoms with Crippen molar-refractivity contribution in [2.75, 3.05) is 20.2 Å². The summed E-state index contributed by atoms with van der Waals surface area (Å²) in [6, 6.07) is 2.30. The molecule has 1 amide bonds. The van der Waals surface area contributed by atoms with Crippen molar-refractivity contribution in [3.05, 3.63) is 29.3 Å². The van der Waals surface area contributed by atoms with Crippen molar-refractivity contribution in [3.8, 4) is 5.75 Å². The Morgan fingerprint density at radius 3 is 1.93 bits per heavy atom. The number of carboxylic acids is 2. The number of ether oxygens (including phenoxy) is 1. The number of hydrogen-bond donors (Lipinski definition) is 2. The molecule has 0 aromatic heterocycles. The van der Waals surface area contributed by atoms with Gasteiger partial charge >= 0.3 is 18.1 Å². The summed E-state index contributed by atoms with van der Waals surface area (Å²) in [5.74, 6) is -6.40. The summed E-state index contributed by atoms with van der Waals surface area (Å²) in [5.41, 5.74) is -4.65. The third-order valence-electron chi connectivity index (χ3n) is 4.68. The molecule has 0 aliphatic rings. The summed E-state index contributed by atoms with van der Waals surface area (Å²) < 4.78 is 44.2. The van der Waals surface area contributed by atoms with Gasteiger partial charge in [0.15, 0.2) is 11.2 Å². The molecule has 0 bridgehead atoms. The number of methoxy groups -OCH3 is 1. The summed E-state index contributed by atoms with van der Waals surface area (Å²) in [5, 5.41) is 19.1. The molecule has 30 heavy (non-hydrogen) atoms. The zero-order valence-electron chi connectivity index (χ0n) is 16.6. The van der Waals surface area contributed by atoms with Crippen molar-refractivity contribution in [2.24, 2.45) is 5.41 Å². The van der Waals surface area contributed by atoms with Gasteiger partial charge in [-0.15, -0.1) is 0 Å². The number of hydrogen-bond acceptors (Lipinski definition) is 5. The van der Waals surface area contributed by atoms with Gasteiger partial charge in [0.05, 0.1) is 19.1 Å². The second-order valence-electron chi connectivity index (χ2n) is 6.45. The number of carbonyl (C=O) groups excluding carboxylic acids is 2. The van der Waals surface area contributed by atoms with Crippen LogP contribution in [0, 0.1) is 5.41 Å². The van der Waals surface area contributed by atoms with Crippen LogP contribution in [0.2, 0.25) is 0 Å². The van der Waals surface area contributed by atoms with Crippen LogP contribution in [0.4, 0.5) is 13.2 Å². The van der Waals surface area contributed by atoms with Crippen LogP contribution in [0.15, 0.2) is 18.2 Å². The summed E-state index contributed by atoms with van der Waals surface area (Å²) in [4.78, 5) is 49.7. The molecule has 2 N–H and O–H groups in total. The first-order valence-electron chi connectivity index (χ1n) is 8.87. The molecule has 0 spiro atoms. The number of nitrogens with zero attached hydrogens (tertiary/aromatic N) is 1. The fraction of sp³-hybridized carbons (Fsp3) is 0.474. The highest BCUT2D eigenvalue weighted by Crippen LogP contribution is 2.38. The number of Topliss-reactive ketones (excluding diaryl/α,β-unsaturated/α-hetero) is 1. The summed E-state index contributed by atoms with van der Waals surface area (Å²) in [6.45, 7) is 3.58. The van der Waals surface area contributed by atoms with Gasteiger partial charge in [0.1, 0.15) is 5.75 Å². The lowest BCUT2D eigenvalue weighted by atomic mass is 9.78. The Bertz CT molecular complexity index is 818. The number of halogens is 3. The minimum absolute atomic E-state index is 0.187. The lowest BCUT2D eigenvalue weighted by Crippen LogP contribution is -2.46. The van der Waals surface area contributed by atoms with Crippen LogP contribution in [0.25, 0.3) is 0 Å². The molecule has 166 valence electrons. The first-order chi connectivity index (χ1) is 13.8. The molecular weight excluding hydrogens is 411 g/mol. The Labute approximate surface area is 170 Å². The van der Waals surface area contributed by atoms with E-state index in [1.54, 1.807) is 13.8 Å². The highest BCUT2D eigenvalue weighted by atomic mass is 19.4. The molecule has 8 nitrogen and oxygen atoms in total. The lowest BCUT2D eigenvalue weighted by Gasteiger charge is -2.27. The molecule has 11 heteroatoms. The van der Waals surface area contributed by atoms with Crippen LogP contribution in [0.3, 0.4) is 0 Å². The molecule has 0 radical (unpaired) electrons. The number of carbonyl (C=O) groups is 4. The van der Waals surface area contributed by atoms with Gasteiger partial charge in [0.2, 0.25) is 5.91 Å². The Balaban J connectivity index is 3.37. The van der Waals surface area contributed by atoms with Crippen molar-refractivity contribution in [2.45, 2.75) is 32.9 Å². The van der Waals surface area contributed by atoms with Gasteiger partial charge in [-0.05, 0) is 32.0 Å². The SMILES string of the molecule is CCN(CC)C(=O)CC(CC(=O)c1ccc(OC)c(C(F)(F)F)c1)(C(=O)O)C(=O)O. The number of ketones is 1. The molecule has 0 heterocycles. The van der Waals surface area contributed by atoms with Gasteiger partial charge in [0.25, 0.3) is 0 Å². The van der Waals surface area contributed by atoms with E-state index < -0.39 is 64.9 Å². The molecule has 1 aromatic carbocycles. The molecule has 0 fully saturated rings. The van der Waals surface area contributed by atoms with Crippen LogP contribution in [0.5, 0.6) is 5.75 Å². The Morgan fingerprint density at radius 2 is 1.53 bits per heavy atom. The van der Waals surface area contributed by atoms with Gasteiger partial charge in [-0.25, -0.2) is 0 Å². The van der Waals surface area contributed by atoms with Crippen molar-refractivity contribution in [1.29, 1.82) is 0 Å². The molecule has 0 saturated heterocycles. The molecule has 1 rings (SSSR count). The number of rotatable bonds is 10. The van der Waals surface area contributed by atoms with Gasteiger partial charge < -0.3 is 19.8 Å². The fourth-order valence-corrected chi connectivity index (χ4v) is 2.88. The van der Waals surface area contributed by atoms with Crippen LogP contribution in [-0.2, 0) is 20.6 Å². The number of aliphatic carboxylic acids is 2. The zero-order valence-corrected chi connectivity index (χ0v) is 16.6. The first kappa shape index (κ1) is 24.9. The second-order valence-corrected chi connectivity index (χ2v) is 6.45. The van der Waals surface area contributed by atoms with E-state index >= 15 is 0 Å². The topological polar surface area (TPSA) is 121 Å². The van der Waals surface area contributed by atoms with Crippen molar-refractivity contribution >= 4 is 23.6 Å². The maximum atomic E-state index is 13.2. The quantitative estimate of drug-likeness (QED) is 0.430. The third kappa shape index (κ3) is 5.28. The van der Waals surface area contributed by atoms with Gasteiger partial charge in [0, 0.05) is 25.1 Å². The van der Waals surface area contributed by atoms with Gasteiger partial charge in [-0.2, -0.15) is 13.2 Å². The van der Waals surface area contributed by atoms with E-state index in [2.05, 4.69) is 4.74 Å². The van der Waals surface area contributed by atoms with Crippen molar-refractivity contribution < 1.29 is 47.3 Å². The van der Waals surface area contributed by atoms with E-state index in [1.807, 2.05) is 0 Å². The third-order valence-corrected chi connectivity index (χ3v) is 4.68. The van der Waals surface area contributed by atoms with E-state index in [0.29, 0.717) is 6.07 Å². The molecule has 1 aromatic rings. The summed E-state index contributed by atoms with van der Waals surface area (Å²) in [7, 11) is 1.00. The standard InChI is InChI=1S/C19H22F3NO7/c1-4-23(5-2)15(25)10-18(16(26)27,17(28)29)9-13(24)11-6-7-14(30-3)12(8-11)19(20,21)22/h6-8H,4-5,9-10H2,1-3H3,(H,26,27)(H,28,29). The zero-order chi connectivity index (χ0) is 23.3. The molecule has 0 aliphatic carbocycles. The predicted molar refractivity (Wildman–Crippen MR) is 97.2 cm³/mol. The van der Waals surface area contributed by atoms with Gasteiger partial charge in [-0.3, -0.25) is 19.2 Å². The van der Waals surface area contributed by atoms with Crippen molar-refractivity contribution in [3.63, 3.8) is 0 Å². The minimum atomic E-state index is -4.86. The Kier molecular flexibility index (Phi) is 7.97. The minimum Gasteiger partial charge on any atom is -0.496 e. The average molecular weight is 433 g/mol. The average Bonchev–Trinajstić information content (AvgIpc) is 2.66. The predicted octanol–water partition coefficient (Wildman–Crippen LogP) is 2.70. The molecule has 0 unspecified atom stereocenters. The summed E-state index contributed by atoms with van der Waals surface area (Å²) >= 11 is 0. The highest BCUT2D eigenvalue weighted by Gasteiger charge is 2.50. The van der Waals surface area contributed by atoms with Crippen molar-refractivity contribution in [1.82, 2.24) is 4.90 Å². The maximum absolute atomic E-state index is 13.2. The van der Waals surface area contributed by atoms with E-state index in [9.17, 15) is 42.6 Å². The largest absolute Gasteiger partial charge is 0.496 e. The van der Waals surface area contributed by atoms with Gasteiger partial charge in [-0.1, -0.05) is 0 Å². The van der Waals surface area contributed by atoms with Crippen LogP contribution >= 0.6 is 0 Å². The van der Waals surface area contributed by atoms with E-state index in [1.165, 1.54) is 4.90 Å². The molecule has 0 saturated carbocycles. The lowest BCUT2D eigenvalue weighted by molar-refractivity contribution is -0.168. The normalized spacial score (nSPS) is 11.7.